The number of nitrogens with one attached hydrogen (secondary N) is 2. The lowest BCUT2D eigenvalue weighted by molar-refractivity contribution is 0.0996. The number of hydrogen-bond acceptors (Lipinski definition) is 12. The van der Waals surface area contributed by atoms with Crippen molar-refractivity contribution < 1.29 is 9.53 Å². The monoisotopic (exact) mass is 647 g/mol. The van der Waals surface area contributed by atoms with E-state index >= 15 is 0 Å². The van der Waals surface area contributed by atoms with E-state index in [4.69, 9.17) is 10.5 Å². The Balaban J connectivity index is 0.000000174. The minimum absolute atomic E-state index is 0.0466. The molecule has 6 aromatic heterocycles. The zero-order valence-corrected chi connectivity index (χ0v) is 26.0. The summed E-state index contributed by atoms with van der Waals surface area (Å²) in [7, 11) is 0. The average Bonchev–Trinajstić information content (AvgIpc) is 3.16. The average molecular weight is 648 g/mol. The van der Waals surface area contributed by atoms with Crippen molar-refractivity contribution in [3.05, 3.63) is 152 Å². The van der Waals surface area contributed by atoms with Crippen LogP contribution in [0, 0.1) is 0 Å². The van der Waals surface area contributed by atoms with Crippen molar-refractivity contribution >= 4 is 29.2 Å². The molecular formula is C36H29N11O2. The maximum atomic E-state index is 11.5. The lowest BCUT2D eigenvalue weighted by Gasteiger charge is -2.12. The molecule has 13 nitrogen and oxygen atoms in total. The Morgan fingerprint density at radius 2 is 1.22 bits per heavy atom. The first-order valence-electron chi connectivity index (χ1n) is 15.0. The summed E-state index contributed by atoms with van der Waals surface area (Å²) in [5, 5.41) is 6.13. The van der Waals surface area contributed by atoms with Gasteiger partial charge in [0.1, 0.15) is 23.8 Å². The zero-order valence-electron chi connectivity index (χ0n) is 26.0. The van der Waals surface area contributed by atoms with E-state index < -0.39 is 5.91 Å². The van der Waals surface area contributed by atoms with Crippen LogP contribution in [0.5, 0.6) is 5.75 Å². The minimum atomic E-state index is -0.668. The van der Waals surface area contributed by atoms with E-state index in [2.05, 4.69) is 50.5 Å². The Morgan fingerprint density at radius 1 is 0.571 bits per heavy atom. The van der Waals surface area contributed by atoms with Crippen LogP contribution in [0.4, 0.5) is 23.3 Å². The van der Waals surface area contributed by atoms with E-state index in [0.717, 1.165) is 11.3 Å². The summed E-state index contributed by atoms with van der Waals surface area (Å²) in [5.74, 6) is 1.92. The molecule has 0 fully saturated rings. The third-order valence-corrected chi connectivity index (χ3v) is 6.66. The maximum absolute atomic E-state index is 11.5. The first-order chi connectivity index (χ1) is 24.1. The molecule has 240 valence electrons. The van der Waals surface area contributed by atoms with Crippen LogP contribution >= 0.6 is 0 Å². The molecule has 0 unspecified atom stereocenters. The second-order valence-electron chi connectivity index (χ2n) is 10.1. The lowest BCUT2D eigenvalue weighted by Crippen LogP contribution is -2.17. The number of ether oxygens (including phenoxy) is 1. The predicted octanol–water partition coefficient (Wildman–Crippen LogP) is 6.03. The highest BCUT2D eigenvalue weighted by atomic mass is 16.5. The standard InChI is InChI=1S/C21H17N5O.C15H12N6O/c1-2-7-16(8-3-1)15-27-19-10-6-12-24-21(19)26-20-14-22-13-18(25-20)17-9-4-5-11-23-17;16-14(22)13-15(21-12-6-2-4-8-18-12)20-11(9-19-13)10-5-1-3-7-17-10/h1-14H,15H2,(H,24,25,26);1-9H,(H2,16,22)(H,18,20,21). The molecule has 13 heteroatoms. The van der Waals surface area contributed by atoms with Crippen molar-refractivity contribution in [2.24, 2.45) is 5.73 Å². The van der Waals surface area contributed by atoms with Crippen molar-refractivity contribution in [2.75, 3.05) is 10.6 Å². The van der Waals surface area contributed by atoms with Gasteiger partial charge in [0.25, 0.3) is 5.91 Å². The summed E-state index contributed by atoms with van der Waals surface area (Å²) >= 11 is 0. The number of primary amides is 1. The van der Waals surface area contributed by atoms with E-state index in [1.165, 1.54) is 6.20 Å². The number of anilines is 4. The van der Waals surface area contributed by atoms with Gasteiger partial charge in [0.2, 0.25) is 0 Å². The first-order valence-corrected chi connectivity index (χ1v) is 15.0. The minimum Gasteiger partial charge on any atom is -0.485 e. The van der Waals surface area contributed by atoms with Crippen molar-refractivity contribution in [2.45, 2.75) is 6.61 Å². The van der Waals surface area contributed by atoms with Gasteiger partial charge in [-0.25, -0.2) is 24.9 Å². The summed E-state index contributed by atoms with van der Waals surface area (Å²) in [6, 6.07) is 30.2. The van der Waals surface area contributed by atoms with E-state index in [0.29, 0.717) is 46.9 Å². The molecule has 49 heavy (non-hydrogen) atoms. The number of pyridine rings is 4. The van der Waals surface area contributed by atoms with Gasteiger partial charge >= 0.3 is 0 Å². The van der Waals surface area contributed by atoms with Crippen LogP contribution in [0.2, 0.25) is 0 Å². The molecule has 0 bridgehead atoms. The molecule has 1 amide bonds. The number of carbonyl (C=O) groups excluding carboxylic acids is 1. The molecule has 0 atom stereocenters. The number of nitrogens with two attached hydrogens (primary N) is 1. The van der Waals surface area contributed by atoms with E-state index in [1.54, 1.807) is 55.4 Å². The van der Waals surface area contributed by atoms with Crippen molar-refractivity contribution in [3.8, 4) is 28.5 Å². The van der Waals surface area contributed by atoms with Crippen molar-refractivity contribution in [1.82, 2.24) is 39.9 Å². The number of carbonyl (C=O) groups is 1. The van der Waals surface area contributed by atoms with E-state index in [9.17, 15) is 4.79 Å². The maximum Gasteiger partial charge on any atom is 0.271 e. The predicted molar refractivity (Wildman–Crippen MR) is 185 cm³/mol. The summed E-state index contributed by atoms with van der Waals surface area (Å²) in [4.78, 5) is 45.8. The summed E-state index contributed by atoms with van der Waals surface area (Å²) in [6.07, 6.45) is 11.5. The fraction of sp³-hybridized carbons (Fsp3) is 0.0278. The van der Waals surface area contributed by atoms with Crippen LogP contribution in [-0.4, -0.2) is 45.8 Å². The molecule has 4 N–H and O–H groups in total. The SMILES string of the molecule is NC(=O)c1ncc(-c2ccccn2)nc1Nc1ccccn1.c1ccc(COc2cccnc2Nc2cncc(-c3ccccn3)n2)cc1. The van der Waals surface area contributed by atoms with Crippen LogP contribution in [0.3, 0.4) is 0 Å². The quantitative estimate of drug-likeness (QED) is 0.157. The van der Waals surface area contributed by atoms with Crippen molar-refractivity contribution in [1.29, 1.82) is 0 Å². The lowest BCUT2D eigenvalue weighted by atomic mass is 10.2. The topological polar surface area (TPSA) is 180 Å². The van der Waals surface area contributed by atoms with Gasteiger partial charge in [0.05, 0.1) is 30.0 Å². The second-order valence-corrected chi connectivity index (χ2v) is 10.1. The third-order valence-electron chi connectivity index (χ3n) is 6.66. The highest BCUT2D eigenvalue weighted by Gasteiger charge is 2.15. The largest absolute Gasteiger partial charge is 0.485 e. The molecule has 0 saturated heterocycles. The van der Waals surface area contributed by atoms with E-state index in [1.807, 2.05) is 78.9 Å². The summed E-state index contributed by atoms with van der Waals surface area (Å²) < 4.78 is 5.92. The Kier molecular flexibility index (Phi) is 10.3. The van der Waals surface area contributed by atoms with Gasteiger partial charge in [-0.15, -0.1) is 0 Å². The molecule has 0 aliphatic rings. The third kappa shape index (κ3) is 8.77. The fourth-order valence-electron chi connectivity index (χ4n) is 4.37. The highest BCUT2D eigenvalue weighted by Crippen LogP contribution is 2.26. The Hall–Kier alpha value is -7.15. The summed E-state index contributed by atoms with van der Waals surface area (Å²) in [5.41, 5.74) is 9.10. The van der Waals surface area contributed by atoms with Crippen LogP contribution in [0.25, 0.3) is 22.8 Å². The normalized spacial score (nSPS) is 10.3. The number of hydrogen-bond donors (Lipinski definition) is 3. The van der Waals surface area contributed by atoms with Gasteiger partial charge in [0.15, 0.2) is 28.9 Å². The molecule has 1 aromatic carbocycles. The molecule has 0 aliphatic carbocycles. The molecule has 0 radical (unpaired) electrons. The number of rotatable bonds is 10. The van der Waals surface area contributed by atoms with Crippen LogP contribution in [-0.2, 0) is 6.61 Å². The van der Waals surface area contributed by atoms with Gasteiger partial charge < -0.3 is 21.1 Å². The van der Waals surface area contributed by atoms with E-state index in [-0.39, 0.29) is 11.5 Å². The molecule has 6 heterocycles. The number of aromatic nitrogens is 8. The number of benzene rings is 1. The van der Waals surface area contributed by atoms with Crippen molar-refractivity contribution in [3.63, 3.8) is 0 Å². The molecule has 0 spiro atoms. The van der Waals surface area contributed by atoms with Gasteiger partial charge in [0, 0.05) is 24.8 Å². The molecular weight excluding hydrogens is 618 g/mol. The second kappa shape index (κ2) is 15.9. The molecule has 7 rings (SSSR count). The molecule has 0 saturated carbocycles. The highest BCUT2D eigenvalue weighted by molar-refractivity contribution is 5.96. The van der Waals surface area contributed by atoms with Crippen LogP contribution in [0.15, 0.2) is 140 Å². The molecule has 0 aliphatic heterocycles. The summed E-state index contributed by atoms with van der Waals surface area (Å²) in [6.45, 7) is 0.459. The van der Waals surface area contributed by atoms with Gasteiger partial charge in [-0.1, -0.05) is 48.5 Å². The number of amides is 1. The number of nitrogens with zero attached hydrogens (tertiary/aromatic N) is 8. The first kappa shape index (κ1) is 31.8. The molecule has 7 aromatic rings. The van der Waals surface area contributed by atoms with Crippen LogP contribution in [0.1, 0.15) is 16.1 Å². The zero-order chi connectivity index (χ0) is 33.7. The van der Waals surface area contributed by atoms with Gasteiger partial charge in [-0.05, 0) is 54.1 Å². The Bertz CT molecular complexity index is 2110. The Morgan fingerprint density at radius 3 is 1.90 bits per heavy atom. The van der Waals surface area contributed by atoms with Gasteiger partial charge in [-0.2, -0.15) is 0 Å². The van der Waals surface area contributed by atoms with Crippen LogP contribution < -0.4 is 21.1 Å². The smallest absolute Gasteiger partial charge is 0.271 e. The fourth-order valence-corrected chi connectivity index (χ4v) is 4.37. The Labute approximate surface area is 281 Å². The van der Waals surface area contributed by atoms with Gasteiger partial charge in [-0.3, -0.25) is 19.7 Å².